The summed E-state index contributed by atoms with van der Waals surface area (Å²) in [5, 5.41) is 13.1. The molecule has 16 nitrogen and oxygen atoms in total. The number of nitrogen functional groups attached to an aromatic ring is 1. The highest BCUT2D eigenvalue weighted by molar-refractivity contribution is 7.74. The number of benzene rings is 1. The fourth-order valence-electron chi connectivity index (χ4n) is 4.37. The summed E-state index contributed by atoms with van der Waals surface area (Å²) >= 11 is -1.61. The minimum absolute atomic E-state index is 0.0125. The first kappa shape index (κ1) is 30.8. The number of nitrogens with one attached hydrogen (secondary N) is 2. The summed E-state index contributed by atoms with van der Waals surface area (Å²) in [6.45, 7) is 3.21. The summed E-state index contributed by atoms with van der Waals surface area (Å²) < 4.78 is 34.3. The number of aromatic nitrogens is 4. The molecule has 0 radical (unpaired) electrons. The first-order chi connectivity index (χ1) is 20.9. The largest absolute Gasteiger partial charge is 0.490 e. The van der Waals surface area contributed by atoms with Gasteiger partial charge in [0.25, 0.3) is 11.8 Å². The zero-order chi connectivity index (χ0) is 31.6. The van der Waals surface area contributed by atoms with Crippen LogP contribution >= 0.6 is 11.3 Å². The summed E-state index contributed by atoms with van der Waals surface area (Å²) in [7, 11) is 3.89. The molecule has 0 spiro atoms. The lowest BCUT2D eigenvalue weighted by Crippen LogP contribution is -2.76. The highest BCUT2D eigenvalue weighted by Crippen LogP contribution is 2.32. The van der Waals surface area contributed by atoms with Crippen molar-refractivity contribution in [2.24, 2.45) is 19.3 Å². The zero-order valence-electron chi connectivity index (χ0n) is 24.1. The number of fused-ring (bicyclic) bond motifs is 1. The Labute approximate surface area is 257 Å². The van der Waals surface area contributed by atoms with Crippen LogP contribution in [0.15, 0.2) is 53.1 Å². The van der Waals surface area contributed by atoms with Crippen LogP contribution in [0.25, 0.3) is 10.9 Å². The summed E-state index contributed by atoms with van der Waals surface area (Å²) in [5.41, 5.74) is 5.35. The first-order valence-corrected chi connectivity index (χ1v) is 15.0. The normalized spacial score (nSPS) is 16.8. The van der Waals surface area contributed by atoms with E-state index in [9.17, 15) is 13.8 Å². The number of ether oxygens (including phenoxy) is 1. The van der Waals surface area contributed by atoms with Gasteiger partial charge in [-0.25, -0.2) is 9.97 Å². The Morgan fingerprint density at radius 2 is 2.05 bits per heavy atom. The van der Waals surface area contributed by atoms with E-state index in [1.165, 1.54) is 5.38 Å². The van der Waals surface area contributed by atoms with E-state index in [2.05, 4.69) is 30.0 Å². The Morgan fingerprint density at radius 3 is 2.70 bits per heavy atom. The molecule has 44 heavy (non-hydrogen) atoms. The summed E-state index contributed by atoms with van der Waals surface area (Å²) in [6.07, 6.45) is 1.94. The second kappa shape index (κ2) is 12.5. The standard InChI is InChI=1S/C26H29N9O7S2/c1-26(2)22(24(37)35(26)42-44(38)39)31-23(36)21(18-14-43-25(27)29-18)32-41-12-11-40-16-6-7-17-15(13-16)5-8-19(28-17)30-20-9-10-33(3)34(20)4/h5-10,13-14,22H,11-12H2,1-4H3,(H4,27,29,31,36,38,39)/p+1/b32-21-. The van der Waals surface area contributed by atoms with Crippen molar-refractivity contribution >= 4 is 67.9 Å². The monoisotopic (exact) mass is 644 g/mol. The van der Waals surface area contributed by atoms with Gasteiger partial charge in [0, 0.05) is 10.8 Å². The van der Waals surface area contributed by atoms with Crippen molar-refractivity contribution < 1.29 is 36.9 Å². The molecule has 1 saturated heterocycles. The highest BCUT2D eigenvalue weighted by atomic mass is 32.2. The molecule has 232 valence electrons. The predicted molar refractivity (Wildman–Crippen MR) is 161 cm³/mol. The van der Waals surface area contributed by atoms with Crippen LogP contribution in [-0.4, -0.2) is 70.8 Å². The minimum Gasteiger partial charge on any atom is -0.490 e. The molecule has 1 aliphatic heterocycles. The third-order valence-corrected chi connectivity index (χ3v) is 7.81. The lowest BCUT2D eigenvalue weighted by molar-refractivity contribution is -0.750. The number of oxime groups is 1. The number of amides is 2. The fraction of sp³-hybridized carbons (Fsp3) is 0.308. The van der Waals surface area contributed by atoms with Crippen LogP contribution in [0, 0.1) is 0 Å². The molecule has 1 aliphatic rings. The second-order valence-corrected chi connectivity index (χ2v) is 11.6. The molecule has 5 N–H and O–H groups in total. The van der Waals surface area contributed by atoms with Gasteiger partial charge in [0.15, 0.2) is 36.5 Å². The fourth-order valence-corrected chi connectivity index (χ4v) is 5.31. The summed E-state index contributed by atoms with van der Waals surface area (Å²) in [5.74, 6) is 0.733. The predicted octanol–water partition coefficient (Wildman–Crippen LogP) is 1.15. The maximum absolute atomic E-state index is 13.1. The molecule has 0 bridgehead atoms. The highest BCUT2D eigenvalue weighted by Gasteiger charge is 2.57. The lowest BCUT2D eigenvalue weighted by atomic mass is 9.84. The van der Waals surface area contributed by atoms with E-state index in [4.69, 9.17) is 19.9 Å². The van der Waals surface area contributed by atoms with Crippen LogP contribution in [0.2, 0.25) is 0 Å². The number of anilines is 3. The summed E-state index contributed by atoms with van der Waals surface area (Å²) in [4.78, 5) is 39.7. The molecule has 2 amide bonds. The molecule has 4 heterocycles. The van der Waals surface area contributed by atoms with E-state index in [0.29, 0.717) is 11.6 Å². The van der Waals surface area contributed by atoms with Crippen molar-refractivity contribution in [1.29, 1.82) is 0 Å². The van der Waals surface area contributed by atoms with Crippen molar-refractivity contribution in [2.45, 2.75) is 25.4 Å². The van der Waals surface area contributed by atoms with Crippen LogP contribution in [0.5, 0.6) is 5.75 Å². The molecule has 0 saturated carbocycles. The minimum atomic E-state index is -2.70. The number of aryl methyl sites for hydroxylation is 1. The van der Waals surface area contributed by atoms with E-state index in [0.717, 1.165) is 33.1 Å². The maximum Gasteiger partial charge on any atom is 0.325 e. The Kier molecular flexibility index (Phi) is 8.77. The number of nitrogens with zero attached hydrogens (tertiary/aromatic N) is 6. The molecule has 18 heteroatoms. The summed E-state index contributed by atoms with van der Waals surface area (Å²) in [6, 6.07) is 10.2. The number of thiazole rings is 1. The second-order valence-electron chi connectivity index (χ2n) is 10.2. The molecular formula is C26H30N9O7S2+. The maximum atomic E-state index is 13.1. The molecule has 2 atom stereocenters. The molecule has 1 aromatic carbocycles. The van der Waals surface area contributed by atoms with Crippen LogP contribution in [-0.2, 0) is 44.2 Å². The molecule has 0 aliphatic carbocycles. The Morgan fingerprint density at radius 1 is 1.25 bits per heavy atom. The number of hydrogen-bond donors (Lipinski definition) is 4. The van der Waals surface area contributed by atoms with Gasteiger partial charge in [0.05, 0.1) is 24.2 Å². The molecule has 4 aromatic rings. The lowest BCUT2D eigenvalue weighted by Gasteiger charge is -2.50. The van der Waals surface area contributed by atoms with Crippen molar-refractivity contribution in [3.63, 3.8) is 0 Å². The Balaban J connectivity index is 1.19. The molecule has 1 fully saturated rings. The van der Waals surface area contributed by atoms with Gasteiger partial charge >= 0.3 is 11.4 Å². The SMILES string of the molecule is Cn1c(Nc2ccc3cc(OCCO/N=C(\C(=O)NC4C(=O)N(OS(=O)O)C4(C)C)c4csc(N)n4)ccc3n2)cc[n+]1C. The van der Waals surface area contributed by atoms with Gasteiger partial charge < -0.3 is 25.9 Å². The van der Waals surface area contributed by atoms with E-state index >= 15 is 0 Å². The number of rotatable bonds is 12. The van der Waals surface area contributed by atoms with Gasteiger partial charge in [-0.05, 0) is 44.2 Å². The van der Waals surface area contributed by atoms with Crippen molar-refractivity contribution in [2.75, 3.05) is 24.3 Å². The smallest absolute Gasteiger partial charge is 0.325 e. The van der Waals surface area contributed by atoms with Crippen LogP contribution in [0.3, 0.4) is 0 Å². The average Bonchev–Trinajstić information content (AvgIpc) is 3.56. The third-order valence-electron chi connectivity index (χ3n) is 6.86. The Bertz CT molecular complexity index is 1770. The zero-order valence-corrected chi connectivity index (χ0v) is 25.7. The van der Waals surface area contributed by atoms with Gasteiger partial charge in [-0.1, -0.05) is 5.16 Å². The number of nitrogens with two attached hydrogens (primary N) is 1. The number of carbonyl (C=O) groups excluding carboxylic acids is 2. The van der Waals surface area contributed by atoms with Crippen molar-refractivity contribution in [3.05, 3.63) is 53.7 Å². The Hall–Kier alpha value is -4.65. The number of hydrogen-bond acceptors (Lipinski definition) is 12. The first-order valence-electron chi connectivity index (χ1n) is 13.1. The van der Waals surface area contributed by atoms with Crippen molar-refractivity contribution in [3.8, 4) is 5.75 Å². The topological polar surface area (TPSA) is 199 Å². The van der Waals surface area contributed by atoms with Gasteiger partial charge in [0.2, 0.25) is 0 Å². The van der Waals surface area contributed by atoms with Crippen LogP contribution in [0.4, 0.5) is 16.8 Å². The quantitative estimate of drug-likeness (QED) is 0.0431. The van der Waals surface area contributed by atoms with Crippen LogP contribution in [0.1, 0.15) is 19.5 Å². The number of β-lactam (4-membered cyclic amide) rings is 1. The van der Waals surface area contributed by atoms with E-state index in [1.54, 1.807) is 19.9 Å². The van der Waals surface area contributed by atoms with Gasteiger partial charge in [-0.15, -0.1) is 25.0 Å². The van der Waals surface area contributed by atoms with E-state index in [-0.39, 0.29) is 29.8 Å². The van der Waals surface area contributed by atoms with E-state index in [1.807, 2.05) is 60.0 Å². The van der Waals surface area contributed by atoms with Gasteiger partial charge in [-0.3, -0.25) is 14.1 Å². The molecule has 2 unspecified atom stereocenters. The van der Waals surface area contributed by atoms with E-state index < -0.39 is 34.8 Å². The average molecular weight is 645 g/mol. The number of pyridine rings is 1. The number of hydroxylamine groups is 2. The van der Waals surface area contributed by atoms with Gasteiger partial charge in [-0.2, -0.15) is 9.27 Å². The molecule has 5 rings (SSSR count). The molecule has 3 aromatic heterocycles. The van der Waals surface area contributed by atoms with Crippen molar-refractivity contribution in [1.82, 2.24) is 25.0 Å². The van der Waals surface area contributed by atoms with Crippen LogP contribution < -0.4 is 25.8 Å². The number of carbonyl (C=O) groups is 2. The molecular weight excluding hydrogens is 614 g/mol. The third kappa shape index (κ3) is 6.47. The van der Waals surface area contributed by atoms with Gasteiger partial charge in [0.1, 0.15) is 29.9 Å².